The SMILES string of the molecule is Cc1ccccc1C(=O)NCc1cccc(COC(C)C)c1. The van der Waals surface area contributed by atoms with Crippen LogP contribution < -0.4 is 5.32 Å². The van der Waals surface area contributed by atoms with Gasteiger partial charge in [-0.3, -0.25) is 4.79 Å². The van der Waals surface area contributed by atoms with Crippen LogP contribution in [0.2, 0.25) is 0 Å². The number of aryl methyl sites for hydroxylation is 1. The number of carbonyl (C=O) groups excluding carboxylic acids is 1. The number of hydrogen-bond acceptors (Lipinski definition) is 2. The zero-order valence-corrected chi connectivity index (χ0v) is 13.4. The molecule has 0 spiro atoms. The van der Waals surface area contributed by atoms with E-state index in [1.165, 1.54) is 0 Å². The van der Waals surface area contributed by atoms with Gasteiger partial charge in [-0.2, -0.15) is 0 Å². The smallest absolute Gasteiger partial charge is 0.251 e. The summed E-state index contributed by atoms with van der Waals surface area (Å²) in [7, 11) is 0. The Morgan fingerprint density at radius 2 is 1.82 bits per heavy atom. The van der Waals surface area contributed by atoms with Gasteiger partial charge in [-0.25, -0.2) is 0 Å². The van der Waals surface area contributed by atoms with Crippen molar-refractivity contribution >= 4 is 5.91 Å². The molecule has 2 rings (SSSR count). The Balaban J connectivity index is 1.95. The molecule has 1 N–H and O–H groups in total. The molecule has 0 aliphatic carbocycles. The van der Waals surface area contributed by atoms with Crippen molar-refractivity contribution in [2.24, 2.45) is 0 Å². The Hall–Kier alpha value is -2.13. The molecule has 1 amide bonds. The molecule has 0 atom stereocenters. The van der Waals surface area contributed by atoms with Crippen LogP contribution in [0.25, 0.3) is 0 Å². The summed E-state index contributed by atoms with van der Waals surface area (Å²) in [5, 5.41) is 2.97. The molecule has 0 fully saturated rings. The minimum atomic E-state index is -0.0399. The van der Waals surface area contributed by atoms with Crippen molar-refractivity contribution in [3.05, 3.63) is 70.8 Å². The Labute approximate surface area is 132 Å². The van der Waals surface area contributed by atoms with Crippen LogP contribution in [-0.2, 0) is 17.9 Å². The van der Waals surface area contributed by atoms with Crippen LogP contribution in [0.5, 0.6) is 0 Å². The monoisotopic (exact) mass is 297 g/mol. The summed E-state index contributed by atoms with van der Waals surface area (Å²) >= 11 is 0. The highest BCUT2D eigenvalue weighted by Gasteiger charge is 2.07. The van der Waals surface area contributed by atoms with E-state index >= 15 is 0 Å². The number of carbonyl (C=O) groups is 1. The van der Waals surface area contributed by atoms with Crippen LogP contribution in [0.4, 0.5) is 0 Å². The molecule has 3 heteroatoms. The van der Waals surface area contributed by atoms with Crippen molar-refractivity contribution < 1.29 is 9.53 Å². The molecule has 22 heavy (non-hydrogen) atoms. The first kappa shape index (κ1) is 16.2. The second kappa shape index (κ2) is 7.76. The first-order valence-electron chi connectivity index (χ1n) is 7.59. The predicted molar refractivity (Wildman–Crippen MR) is 88.7 cm³/mol. The highest BCUT2D eigenvalue weighted by atomic mass is 16.5. The summed E-state index contributed by atoms with van der Waals surface area (Å²) in [4.78, 5) is 12.2. The van der Waals surface area contributed by atoms with Crippen LogP contribution in [0.15, 0.2) is 48.5 Å². The summed E-state index contributed by atoms with van der Waals surface area (Å²) in [5.41, 5.74) is 3.91. The van der Waals surface area contributed by atoms with E-state index in [0.717, 1.165) is 22.3 Å². The number of amides is 1. The first-order chi connectivity index (χ1) is 10.6. The Morgan fingerprint density at radius 1 is 1.09 bits per heavy atom. The van der Waals surface area contributed by atoms with Gasteiger partial charge in [0.2, 0.25) is 0 Å². The predicted octanol–water partition coefficient (Wildman–Crippen LogP) is 3.85. The molecular formula is C19H23NO2. The summed E-state index contributed by atoms with van der Waals surface area (Å²) < 4.78 is 5.61. The molecule has 0 unspecified atom stereocenters. The zero-order valence-electron chi connectivity index (χ0n) is 13.4. The molecule has 0 saturated carbocycles. The van der Waals surface area contributed by atoms with Crippen molar-refractivity contribution in [1.82, 2.24) is 5.32 Å². The van der Waals surface area contributed by atoms with Crippen molar-refractivity contribution in [2.45, 2.75) is 40.0 Å². The molecule has 0 aliphatic rings. The average Bonchev–Trinajstić information content (AvgIpc) is 2.51. The molecule has 0 heterocycles. The number of hydrogen-bond donors (Lipinski definition) is 1. The van der Waals surface area contributed by atoms with E-state index in [9.17, 15) is 4.79 Å². The lowest BCUT2D eigenvalue weighted by Gasteiger charge is -2.10. The van der Waals surface area contributed by atoms with Gasteiger partial charge in [-0.05, 0) is 43.5 Å². The molecule has 2 aromatic carbocycles. The summed E-state index contributed by atoms with van der Waals surface area (Å²) in [6.07, 6.45) is 0.212. The fourth-order valence-electron chi connectivity index (χ4n) is 2.20. The van der Waals surface area contributed by atoms with Gasteiger partial charge < -0.3 is 10.1 Å². The van der Waals surface area contributed by atoms with Crippen molar-refractivity contribution in [3.8, 4) is 0 Å². The third-order valence-electron chi connectivity index (χ3n) is 3.42. The van der Waals surface area contributed by atoms with Gasteiger partial charge in [-0.1, -0.05) is 42.5 Å². The maximum atomic E-state index is 12.2. The molecular weight excluding hydrogens is 274 g/mol. The van der Waals surface area contributed by atoms with Gasteiger partial charge in [0.15, 0.2) is 0 Å². The molecule has 0 bridgehead atoms. The first-order valence-corrected chi connectivity index (χ1v) is 7.59. The number of benzene rings is 2. The van der Waals surface area contributed by atoms with E-state index in [4.69, 9.17) is 4.74 Å². The van der Waals surface area contributed by atoms with Crippen LogP contribution in [0.1, 0.15) is 40.9 Å². The highest BCUT2D eigenvalue weighted by Crippen LogP contribution is 2.10. The van der Waals surface area contributed by atoms with E-state index in [-0.39, 0.29) is 12.0 Å². The van der Waals surface area contributed by atoms with E-state index in [2.05, 4.69) is 11.4 Å². The number of ether oxygens (including phenoxy) is 1. The molecule has 0 radical (unpaired) electrons. The lowest BCUT2D eigenvalue weighted by molar-refractivity contribution is 0.0657. The fraction of sp³-hybridized carbons (Fsp3) is 0.316. The molecule has 0 saturated heterocycles. The summed E-state index contributed by atoms with van der Waals surface area (Å²) in [5.74, 6) is -0.0399. The van der Waals surface area contributed by atoms with Crippen molar-refractivity contribution in [2.75, 3.05) is 0 Å². The van der Waals surface area contributed by atoms with Crippen LogP contribution >= 0.6 is 0 Å². The Bertz CT molecular complexity index is 635. The quantitative estimate of drug-likeness (QED) is 0.879. The topological polar surface area (TPSA) is 38.3 Å². The molecule has 0 aliphatic heterocycles. The average molecular weight is 297 g/mol. The molecule has 2 aromatic rings. The van der Waals surface area contributed by atoms with Crippen LogP contribution in [0.3, 0.4) is 0 Å². The second-order valence-corrected chi connectivity index (χ2v) is 5.68. The van der Waals surface area contributed by atoms with Gasteiger partial charge in [0.25, 0.3) is 5.91 Å². The number of nitrogens with one attached hydrogen (secondary N) is 1. The van der Waals surface area contributed by atoms with E-state index in [1.54, 1.807) is 0 Å². The van der Waals surface area contributed by atoms with Gasteiger partial charge in [0, 0.05) is 12.1 Å². The lowest BCUT2D eigenvalue weighted by atomic mass is 10.1. The largest absolute Gasteiger partial charge is 0.374 e. The number of rotatable bonds is 6. The Morgan fingerprint density at radius 3 is 2.55 bits per heavy atom. The highest BCUT2D eigenvalue weighted by molar-refractivity contribution is 5.95. The maximum absolute atomic E-state index is 12.2. The minimum Gasteiger partial charge on any atom is -0.374 e. The summed E-state index contributed by atoms with van der Waals surface area (Å²) in [6, 6.07) is 15.7. The van der Waals surface area contributed by atoms with Gasteiger partial charge >= 0.3 is 0 Å². The molecule has 116 valence electrons. The van der Waals surface area contributed by atoms with E-state index < -0.39 is 0 Å². The van der Waals surface area contributed by atoms with E-state index in [1.807, 2.05) is 63.2 Å². The van der Waals surface area contributed by atoms with Crippen LogP contribution in [0, 0.1) is 6.92 Å². The van der Waals surface area contributed by atoms with Gasteiger partial charge in [0.05, 0.1) is 12.7 Å². The second-order valence-electron chi connectivity index (χ2n) is 5.68. The normalized spacial score (nSPS) is 10.7. The summed E-state index contributed by atoms with van der Waals surface area (Å²) in [6.45, 7) is 7.09. The van der Waals surface area contributed by atoms with Crippen LogP contribution in [-0.4, -0.2) is 12.0 Å². The van der Waals surface area contributed by atoms with Crippen molar-refractivity contribution in [1.29, 1.82) is 0 Å². The minimum absolute atomic E-state index is 0.0399. The van der Waals surface area contributed by atoms with Gasteiger partial charge in [-0.15, -0.1) is 0 Å². The zero-order chi connectivity index (χ0) is 15.9. The van der Waals surface area contributed by atoms with Gasteiger partial charge in [0.1, 0.15) is 0 Å². The lowest BCUT2D eigenvalue weighted by Crippen LogP contribution is -2.23. The Kier molecular flexibility index (Phi) is 5.73. The van der Waals surface area contributed by atoms with Crippen molar-refractivity contribution in [3.63, 3.8) is 0 Å². The third-order valence-corrected chi connectivity index (χ3v) is 3.42. The molecule has 0 aromatic heterocycles. The maximum Gasteiger partial charge on any atom is 0.251 e. The standard InChI is InChI=1S/C19H23NO2/c1-14(2)22-13-17-9-6-8-16(11-17)12-20-19(21)18-10-5-4-7-15(18)3/h4-11,14H,12-13H2,1-3H3,(H,20,21). The third kappa shape index (κ3) is 4.71. The fourth-order valence-corrected chi connectivity index (χ4v) is 2.20. The van der Waals surface area contributed by atoms with E-state index in [0.29, 0.717) is 13.2 Å². The molecule has 3 nitrogen and oxygen atoms in total.